The van der Waals surface area contributed by atoms with E-state index in [-0.39, 0.29) is 30.9 Å². The van der Waals surface area contributed by atoms with E-state index in [0.717, 1.165) is 11.1 Å². The van der Waals surface area contributed by atoms with Gasteiger partial charge in [0.2, 0.25) is 5.91 Å². The van der Waals surface area contributed by atoms with Crippen molar-refractivity contribution >= 4 is 18.0 Å². The van der Waals surface area contributed by atoms with Crippen LogP contribution in [0.25, 0.3) is 11.1 Å². The average Bonchev–Trinajstić information content (AvgIpc) is 3.12. The van der Waals surface area contributed by atoms with Crippen LogP contribution in [-0.2, 0) is 14.3 Å². The van der Waals surface area contributed by atoms with Crippen LogP contribution < -0.4 is 5.32 Å². The number of hydrogen-bond donors (Lipinski definition) is 2. The van der Waals surface area contributed by atoms with Crippen molar-refractivity contribution in [2.75, 3.05) is 26.2 Å². The van der Waals surface area contributed by atoms with E-state index >= 15 is 0 Å². The Kier molecular flexibility index (Phi) is 7.87. The fourth-order valence-electron chi connectivity index (χ4n) is 4.19. The predicted molar refractivity (Wildman–Crippen MR) is 121 cm³/mol. The third-order valence-electron chi connectivity index (χ3n) is 5.87. The Balaban J connectivity index is 1.44. The number of nitrogens with zero attached hydrogens (tertiary/aromatic N) is 1. The molecular weight excluding hydrogens is 408 g/mol. The first-order chi connectivity index (χ1) is 15.4. The minimum Gasteiger partial charge on any atom is -0.480 e. The van der Waals surface area contributed by atoms with Crippen molar-refractivity contribution < 1.29 is 24.2 Å². The fourth-order valence-corrected chi connectivity index (χ4v) is 4.19. The number of carboxylic acid groups (broad SMARTS) is 1. The monoisotopic (exact) mass is 438 g/mol. The molecule has 0 aromatic heterocycles. The summed E-state index contributed by atoms with van der Waals surface area (Å²) in [5.41, 5.74) is 4.69. The van der Waals surface area contributed by atoms with E-state index in [0.29, 0.717) is 25.9 Å². The van der Waals surface area contributed by atoms with Gasteiger partial charge in [0.25, 0.3) is 0 Å². The molecule has 0 heterocycles. The zero-order chi connectivity index (χ0) is 23.1. The van der Waals surface area contributed by atoms with Crippen molar-refractivity contribution in [3.05, 3.63) is 59.7 Å². The normalized spacial score (nSPS) is 13.1. The van der Waals surface area contributed by atoms with Gasteiger partial charge in [0, 0.05) is 24.9 Å². The van der Waals surface area contributed by atoms with E-state index in [1.165, 1.54) is 16.0 Å². The Labute approximate surface area is 188 Å². The molecule has 0 saturated carbocycles. The first-order valence-corrected chi connectivity index (χ1v) is 11.0. The molecule has 1 unspecified atom stereocenters. The van der Waals surface area contributed by atoms with Crippen molar-refractivity contribution in [3.8, 4) is 11.1 Å². The summed E-state index contributed by atoms with van der Waals surface area (Å²) in [6, 6.07) is 16.3. The van der Waals surface area contributed by atoms with Crippen LogP contribution in [0.4, 0.5) is 4.79 Å². The van der Waals surface area contributed by atoms with Crippen LogP contribution in [0.2, 0.25) is 0 Å². The summed E-state index contributed by atoms with van der Waals surface area (Å²) in [6.07, 6.45) is 0.673. The second kappa shape index (κ2) is 10.8. The van der Waals surface area contributed by atoms with Crippen LogP contribution in [0.15, 0.2) is 48.5 Å². The molecule has 2 amide bonds. The summed E-state index contributed by atoms with van der Waals surface area (Å²) in [5.74, 6) is -1.50. The number of hydrogen-bond acceptors (Lipinski definition) is 4. The average molecular weight is 439 g/mol. The Morgan fingerprint density at radius 3 is 2.22 bits per heavy atom. The Morgan fingerprint density at radius 1 is 1.06 bits per heavy atom. The van der Waals surface area contributed by atoms with Crippen LogP contribution in [-0.4, -0.2) is 54.2 Å². The summed E-state index contributed by atoms with van der Waals surface area (Å²) in [6.45, 7) is 4.24. The largest absolute Gasteiger partial charge is 0.480 e. The molecule has 7 nitrogen and oxygen atoms in total. The number of aliphatic carboxylic acids is 1. The van der Waals surface area contributed by atoms with Gasteiger partial charge in [0.15, 0.2) is 0 Å². The number of likely N-dealkylation sites (N-methyl/N-ethyl adjacent to an activating group) is 1. The van der Waals surface area contributed by atoms with Crippen LogP contribution in [0.1, 0.15) is 43.7 Å². The van der Waals surface area contributed by atoms with Crippen LogP contribution in [0.3, 0.4) is 0 Å². The highest BCUT2D eigenvalue weighted by molar-refractivity contribution is 5.83. The number of rotatable bonds is 10. The molecular formula is C25H30N2O5. The topological polar surface area (TPSA) is 95.9 Å². The van der Waals surface area contributed by atoms with Crippen molar-refractivity contribution in [2.45, 2.75) is 32.6 Å². The highest BCUT2D eigenvalue weighted by Crippen LogP contribution is 2.44. The van der Waals surface area contributed by atoms with Gasteiger partial charge in [-0.3, -0.25) is 9.59 Å². The van der Waals surface area contributed by atoms with Gasteiger partial charge in [-0.15, -0.1) is 0 Å². The summed E-state index contributed by atoms with van der Waals surface area (Å²) in [5, 5.41) is 11.6. The first-order valence-electron chi connectivity index (χ1n) is 11.0. The van der Waals surface area contributed by atoms with Crippen LogP contribution in [0, 0.1) is 5.92 Å². The molecule has 2 aromatic carbocycles. The van der Waals surface area contributed by atoms with Crippen molar-refractivity contribution in [1.29, 1.82) is 0 Å². The SMILES string of the molecule is CCN(CC(=O)O)C(=O)C(C)CCCNC(=O)OCC1c2ccccc2-c2ccccc21. The summed E-state index contributed by atoms with van der Waals surface area (Å²) < 4.78 is 5.50. The summed E-state index contributed by atoms with van der Waals surface area (Å²) in [7, 11) is 0. The summed E-state index contributed by atoms with van der Waals surface area (Å²) in [4.78, 5) is 36.7. The lowest BCUT2D eigenvalue weighted by Crippen LogP contribution is -2.39. The maximum absolute atomic E-state index is 12.3. The molecule has 0 aliphatic heterocycles. The van der Waals surface area contributed by atoms with Gasteiger partial charge in [0.05, 0.1) is 0 Å². The van der Waals surface area contributed by atoms with E-state index in [2.05, 4.69) is 29.6 Å². The van der Waals surface area contributed by atoms with Gasteiger partial charge in [-0.05, 0) is 42.0 Å². The van der Waals surface area contributed by atoms with E-state index in [9.17, 15) is 14.4 Å². The molecule has 1 aliphatic rings. The predicted octanol–water partition coefficient (Wildman–Crippen LogP) is 3.87. The number of fused-ring (bicyclic) bond motifs is 3. The Bertz CT molecular complexity index is 929. The van der Waals surface area contributed by atoms with E-state index in [1.54, 1.807) is 13.8 Å². The number of benzene rings is 2. The third kappa shape index (κ3) is 5.46. The van der Waals surface area contributed by atoms with E-state index in [4.69, 9.17) is 9.84 Å². The van der Waals surface area contributed by atoms with Crippen molar-refractivity contribution in [3.63, 3.8) is 0 Å². The molecule has 3 rings (SSSR count). The second-order valence-electron chi connectivity index (χ2n) is 8.04. The number of carboxylic acids is 1. The first kappa shape index (κ1) is 23.3. The third-order valence-corrected chi connectivity index (χ3v) is 5.87. The molecule has 2 N–H and O–H groups in total. The van der Waals surface area contributed by atoms with Crippen LogP contribution >= 0.6 is 0 Å². The maximum Gasteiger partial charge on any atom is 0.407 e. The molecule has 1 atom stereocenters. The van der Waals surface area contributed by atoms with Gasteiger partial charge in [-0.1, -0.05) is 55.5 Å². The standard InChI is InChI=1S/C25H30N2O5/c1-3-27(15-23(28)29)24(30)17(2)9-8-14-26-25(31)32-16-22-20-12-6-4-10-18(20)19-11-5-7-13-21(19)22/h4-7,10-13,17,22H,3,8-9,14-16H2,1-2H3,(H,26,31)(H,28,29). The quantitative estimate of drug-likeness (QED) is 0.549. The second-order valence-corrected chi connectivity index (χ2v) is 8.04. The zero-order valence-electron chi connectivity index (χ0n) is 18.5. The fraction of sp³-hybridized carbons (Fsp3) is 0.400. The molecule has 32 heavy (non-hydrogen) atoms. The number of amides is 2. The molecule has 0 saturated heterocycles. The highest BCUT2D eigenvalue weighted by atomic mass is 16.5. The maximum atomic E-state index is 12.3. The lowest BCUT2D eigenvalue weighted by molar-refractivity contribution is -0.146. The Morgan fingerprint density at radius 2 is 1.66 bits per heavy atom. The molecule has 0 fully saturated rings. The number of alkyl carbamates (subject to hydrolysis) is 1. The van der Waals surface area contributed by atoms with E-state index < -0.39 is 12.1 Å². The van der Waals surface area contributed by atoms with Crippen molar-refractivity contribution in [1.82, 2.24) is 10.2 Å². The van der Waals surface area contributed by atoms with Crippen LogP contribution in [0.5, 0.6) is 0 Å². The highest BCUT2D eigenvalue weighted by Gasteiger charge is 2.29. The lowest BCUT2D eigenvalue weighted by Gasteiger charge is -2.22. The number of nitrogens with one attached hydrogen (secondary N) is 1. The zero-order valence-corrected chi connectivity index (χ0v) is 18.5. The molecule has 0 bridgehead atoms. The van der Waals surface area contributed by atoms with Gasteiger partial charge in [-0.2, -0.15) is 0 Å². The minimum absolute atomic E-state index is 0.0139. The number of ether oxygens (including phenoxy) is 1. The molecule has 0 spiro atoms. The smallest absolute Gasteiger partial charge is 0.407 e. The van der Waals surface area contributed by atoms with Gasteiger partial charge >= 0.3 is 12.1 Å². The minimum atomic E-state index is -1.02. The summed E-state index contributed by atoms with van der Waals surface area (Å²) >= 11 is 0. The number of carbonyl (C=O) groups is 3. The molecule has 170 valence electrons. The van der Waals surface area contributed by atoms with Gasteiger partial charge in [-0.25, -0.2) is 4.79 Å². The van der Waals surface area contributed by atoms with Crippen molar-refractivity contribution in [2.24, 2.45) is 5.92 Å². The molecule has 0 radical (unpaired) electrons. The van der Waals surface area contributed by atoms with Gasteiger partial charge < -0.3 is 20.1 Å². The lowest BCUT2D eigenvalue weighted by atomic mass is 9.98. The Hall–Kier alpha value is -3.35. The number of carbonyl (C=O) groups excluding carboxylic acids is 2. The molecule has 1 aliphatic carbocycles. The molecule has 2 aromatic rings. The van der Waals surface area contributed by atoms with E-state index in [1.807, 2.05) is 24.3 Å². The van der Waals surface area contributed by atoms with Gasteiger partial charge in [0.1, 0.15) is 13.2 Å². The molecule has 7 heteroatoms.